The molecule has 128 valence electrons. The maximum Gasteiger partial charge on any atom is 0.263 e. The van der Waals surface area contributed by atoms with Gasteiger partial charge in [-0.05, 0) is 24.6 Å². The third-order valence-corrected chi connectivity index (χ3v) is 5.64. The third kappa shape index (κ3) is 3.90. The first-order chi connectivity index (χ1) is 11.4. The van der Waals surface area contributed by atoms with E-state index < -0.39 is 22.2 Å². The number of benzene rings is 1. The minimum atomic E-state index is -3.78. The van der Waals surface area contributed by atoms with Crippen molar-refractivity contribution in [2.24, 2.45) is 0 Å². The van der Waals surface area contributed by atoms with Gasteiger partial charge in [-0.2, -0.15) is 0 Å². The highest BCUT2D eigenvalue weighted by atomic mass is 32.2. The molecule has 0 radical (unpaired) electrons. The number of thiazole rings is 1. The molecule has 0 spiro atoms. The summed E-state index contributed by atoms with van der Waals surface area (Å²) in [6.07, 6.45) is 1.28. The minimum Gasteiger partial charge on any atom is -0.392 e. The number of carbonyl (C=O) groups excluding carboxylic acids is 1. The number of anilines is 2. The van der Waals surface area contributed by atoms with Crippen molar-refractivity contribution in [3.8, 4) is 0 Å². The van der Waals surface area contributed by atoms with Gasteiger partial charge in [-0.3, -0.25) is 9.52 Å². The molecule has 3 rings (SSSR count). The lowest BCUT2D eigenvalue weighted by atomic mass is 10.2. The number of nitrogens with one attached hydrogen (secondary N) is 3. The van der Waals surface area contributed by atoms with E-state index >= 15 is 0 Å². The first-order valence-electron chi connectivity index (χ1n) is 7.19. The van der Waals surface area contributed by atoms with Crippen LogP contribution in [0.5, 0.6) is 0 Å². The average molecular weight is 368 g/mol. The zero-order valence-corrected chi connectivity index (χ0v) is 14.1. The molecule has 0 bridgehead atoms. The van der Waals surface area contributed by atoms with Crippen LogP contribution in [0.4, 0.5) is 10.8 Å². The van der Waals surface area contributed by atoms with Crippen LogP contribution in [-0.2, 0) is 14.8 Å². The minimum absolute atomic E-state index is 0.0231. The van der Waals surface area contributed by atoms with Crippen LogP contribution in [-0.4, -0.2) is 43.1 Å². The summed E-state index contributed by atoms with van der Waals surface area (Å²) in [4.78, 5) is 16.0. The Labute approximate surface area is 143 Å². The molecule has 8 nitrogen and oxygen atoms in total. The maximum atomic E-state index is 12.3. The van der Waals surface area contributed by atoms with Crippen LogP contribution >= 0.6 is 11.3 Å². The summed E-state index contributed by atoms with van der Waals surface area (Å²) in [6, 6.07) is 5.46. The number of amides is 1. The molecule has 10 heteroatoms. The maximum absolute atomic E-state index is 12.3. The van der Waals surface area contributed by atoms with Gasteiger partial charge in [0.1, 0.15) is 0 Å². The molecule has 1 saturated heterocycles. The molecule has 0 saturated carbocycles. The lowest BCUT2D eigenvalue weighted by molar-refractivity contribution is -0.117. The second-order valence-electron chi connectivity index (χ2n) is 5.31. The Hall–Kier alpha value is -2.01. The van der Waals surface area contributed by atoms with Gasteiger partial charge >= 0.3 is 0 Å². The number of aliphatic hydroxyl groups is 1. The fourth-order valence-corrected chi connectivity index (χ4v) is 4.17. The number of β-amino-alcohol motifs (C(OH)–C–C–N with tert-alkyl or cyclic N) is 1. The van der Waals surface area contributed by atoms with Crippen molar-refractivity contribution in [3.63, 3.8) is 0 Å². The van der Waals surface area contributed by atoms with E-state index in [9.17, 15) is 18.3 Å². The van der Waals surface area contributed by atoms with Crippen molar-refractivity contribution in [1.29, 1.82) is 0 Å². The fourth-order valence-electron chi connectivity index (χ4n) is 2.33. The zero-order valence-electron chi connectivity index (χ0n) is 12.5. The zero-order chi connectivity index (χ0) is 17.2. The standard InChI is InChI=1S/C14H16N4O4S2/c19-10-7-12(16-8-10)13(20)17-9-2-1-3-11(6-9)24(21,22)18-14-15-4-5-23-14/h1-6,10,12,16,19H,7-8H2,(H,15,18)(H,17,20). The Morgan fingerprint density at radius 2 is 2.25 bits per heavy atom. The normalized spacial score (nSPS) is 20.7. The predicted octanol–water partition coefficient (Wildman–Crippen LogP) is 0.605. The van der Waals surface area contributed by atoms with Crippen molar-refractivity contribution >= 4 is 38.1 Å². The van der Waals surface area contributed by atoms with Crippen LogP contribution in [0.3, 0.4) is 0 Å². The summed E-state index contributed by atoms with van der Waals surface area (Å²) in [6.45, 7) is 0.365. The van der Waals surface area contributed by atoms with Crippen LogP contribution in [0.2, 0.25) is 0 Å². The monoisotopic (exact) mass is 368 g/mol. The van der Waals surface area contributed by atoms with Crippen LogP contribution in [0.25, 0.3) is 0 Å². The number of hydrogen-bond acceptors (Lipinski definition) is 7. The molecular weight excluding hydrogens is 352 g/mol. The van der Waals surface area contributed by atoms with Gasteiger partial charge in [0.25, 0.3) is 10.0 Å². The SMILES string of the molecule is O=C(Nc1cccc(S(=O)(=O)Nc2nccs2)c1)C1CC(O)CN1. The number of aromatic nitrogens is 1. The number of nitrogens with zero attached hydrogens (tertiary/aromatic N) is 1. The quantitative estimate of drug-likeness (QED) is 0.614. The van der Waals surface area contributed by atoms with E-state index in [0.29, 0.717) is 18.7 Å². The number of rotatable bonds is 5. The van der Waals surface area contributed by atoms with Crippen LogP contribution in [0.15, 0.2) is 40.7 Å². The molecule has 1 aromatic carbocycles. The molecule has 1 amide bonds. The molecule has 2 atom stereocenters. The number of aliphatic hydroxyl groups excluding tert-OH is 1. The summed E-state index contributed by atoms with van der Waals surface area (Å²) < 4.78 is 27.0. The van der Waals surface area contributed by atoms with Gasteiger partial charge in [0.2, 0.25) is 5.91 Å². The van der Waals surface area contributed by atoms with Crippen molar-refractivity contribution in [2.75, 3.05) is 16.6 Å². The molecule has 2 heterocycles. The van der Waals surface area contributed by atoms with E-state index in [1.807, 2.05) is 0 Å². The van der Waals surface area contributed by atoms with E-state index in [2.05, 4.69) is 20.3 Å². The summed E-state index contributed by atoms with van der Waals surface area (Å²) in [7, 11) is -3.78. The van der Waals surface area contributed by atoms with Gasteiger partial charge in [0.15, 0.2) is 5.13 Å². The summed E-state index contributed by atoms with van der Waals surface area (Å²) in [5.41, 5.74) is 0.366. The van der Waals surface area contributed by atoms with E-state index in [4.69, 9.17) is 0 Å². The molecule has 1 aliphatic rings. The average Bonchev–Trinajstić information content (AvgIpc) is 3.19. The van der Waals surface area contributed by atoms with Crippen molar-refractivity contribution in [1.82, 2.24) is 10.3 Å². The molecule has 24 heavy (non-hydrogen) atoms. The highest BCUT2D eigenvalue weighted by molar-refractivity contribution is 7.93. The van der Waals surface area contributed by atoms with Crippen LogP contribution in [0.1, 0.15) is 6.42 Å². The van der Waals surface area contributed by atoms with Gasteiger partial charge in [0, 0.05) is 23.8 Å². The van der Waals surface area contributed by atoms with Gasteiger partial charge in [-0.25, -0.2) is 13.4 Å². The fraction of sp³-hybridized carbons (Fsp3) is 0.286. The highest BCUT2D eigenvalue weighted by Gasteiger charge is 2.28. The molecule has 1 aliphatic heterocycles. The Kier molecular flexibility index (Phi) is 4.81. The molecule has 1 fully saturated rings. The molecule has 2 aromatic rings. The first kappa shape index (κ1) is 16.8. The molecule has 2 unspecified atom stereocenters. The predicted molar refractivity (Wildman–Crippen MR) is 90.4 cm³/mol. The van der Waals surface area contributed by atoms with Crippen molar-refractivity contribution in [3.05, 3.63) is 35.8 Å². The van der Waals surface area contributed by atoms with E-state index in [1.54, 1.807) is 17.5 Å². The lowest BCUT2D eigenvalue weighted by Crippen LogP contribution is -2.35. The van der Waals surface area contributed by atoms with Crippen LogP contribution < -0.4 is 15.4 Å². The second-order valence-corrected chi connectivity index (χ2v) is 7.89. The Bertz CT molecular complexity index is 823. The Morgan fingerprint density at radius 3 is 2.92 bits per heavy atom. The van der Waals surface area contributed by atoms with Crippen LogP contribution in [0, 0.1) is 0 Å². The Balaban J connectivity index is 1.73. The van der Waals surface area contributed by atoms with Gasteiger partial charge in [-0.15, -0.1) is 11.3 Å². The van der Waals surface area contributed by atoms with Gasteiger partial charge in [0.05, 0.1) is 17.0 Å². The second kappa shape index (κ2) is 6.85. The molecule has 1 aromatic heterocycles. The molecule has 0 aliphatic carbocycles. The van der Waals surface area contributed by atoms with E-state index in [0.717, 1.165) is 0 Å². The molecule has 4 N–H and O–H groups in total. The topological polar surface area (TPSA) is 120 Å². The number of sulfonamides is 1. The van der Waals surface area contributed by atoms with Gasteiger partial charge < -0.3 is 15.7 Å². The van der Waals surface area contributed by atoms with Gasteiger partial charge in [-0.1, -0.05) is 6.07 Å². The van der Waals surface area contributed by atoms with E-state index in [-0.39, 0.29) is 15.9 Å². The highest BCUT2D eigenvalue weighted by Crippen LogP contribution is 2.21. The number of carbonyl (C=O) groups is 1. The van der Waals surface area contributed by atoms with Crippen molar-refractivity contribution in [2.45, 2.75) is 23.5 Å². The summed E-state index contributed by atoms with van der Waals surface area (Å²) in [5.74, 6) is -0.311. The lowest BCUT2D eigenvalue weighted by Gasteiger charge is -2.12. The summed E-state index contributed by atoms with van der Waals surface area (Å²) >= 11 is 1.17. The Morgan fingerprint density at radius 1 is 1.42 bits per heavy atom. The first-order valence-corrected chi connectivity index (χ1v) is 9.55. The third-order valence-electron chi connectivity index (χ3n) is 3.49. The number of hydrogen-bond donors (Lipinski definition) is 4. The molecular formula is C14H16N4O4S2. The summed E-state index contributed by atoms with van der Waals surface area (Å²) in [5, 5.41) is 16.9. The van der Waals surface area contributed by atoms with E-state index in [1.165, 1.54) is 29.7 Å². The van der Waals surface area contributed by atoms with Crippen molar-refractivity contribution < 1.29 is 18.3 Å². The smallest absolute Gasteiger partial charge is 0.263 e. The largest absolute Gasteiger partial charge is 0.392 e.